The largest absolute Gasteiger partial charge is 0.494 e. The van der Waals surface area contributed by atoms with E-state index in [-0.39, 0.29) is 11.7 Å². The van der Waals surface area contributed by atoms with Gasteiger partial charge in [-0.3, -0.25) is 4.79 Å². The van der Waals surface area contributed by atoms with E-state index in [4.69, 9.17) is 4.74 Å². The van der Waals surface area contributed by atoms with E-state index in [1.54, 1.807) is 20.0 Å². The predicted molar refractivity (Wildman–Crippen MR) is 149 cm³/mol. The summed E-state index contributed by atoms with van der Waals surface area (Å²) in [5, 5.41) is 21.3. The number of carbonyl (C=O) groups excluding carboxylic acids is 1. The van der Waals surface area contributed by atoms with E-state index in [2.05, 4.69) is 25.5 Å². The monoisotopic (exact) mass is 529 g/mol. The van der Waals surface area contributed by atoms with Crippen molar-refractivity contribution in [3.05, 3.63) is 53.7 Å². The molecule has 4 bridgehead atoms. The van der Waals surface area contributed by atoms with Crippen LogP contribution in [0.2, 0.25) is 0 Å². The zero-order chi connectivity index (χ0) is 27.2. The summed E-state index contributed by atoms with van der Waals surface area (Å²) in [5.74, 6) is 4.53. The third-order valence-corrected chi connectivity index (χ3v) is 9.15. The van der Waals surface area contributed by atoms with Crippen LogP contribution in [0.25, 0.3) is 11.1 Å². The number of pyridine rings is 1. The zero-order valence-electron chi connectivity index (χ0n) is 23.2. The van der Waals surface area contributed by atoms with Crippen LogP contribution >= 0.6 is 0 Å². The number of benzene rings is 1. The Labute approximate surface area is 230 Å². The Bertz CT molecular complexity index is 1350. The van der Waals surface area contributed by atoms with Gasteiger partial charge in [0.2, 0.25) is 5.82 Å². The number of hydrogen-bond donors (Lipinski definition) is 3. The van der Waals surface area contributed by atoms with Crippen molar-refractivity contribution >= 4 is 11.7 Å². The third kappa shape index (κ3) is 5.57. The Balaban J connectivity index is 1.10. The van der Waals surface area contributed by atoms with Gasteiger partial charge in [0.05, 0.1) is 12.2 Å². The summed E-state index contributed by atoms with van der Waals surface area (Å²) in [4.78, 5) is 20.6. The van der Waals surface area contributed by atoms with E-state index in [0.29, 0.717) is 24.3 Å². The van der Waals surface area contributed by atoms with Crippen molar-refractivity contribution in [2.75, 3.05) is 11.9 Å². The summed E-state index contributed by atoms with van der Waals surface area (Å²) in [6.07, 6.45) is 10.8. The smallest absolute Gasteiger partial charge is 0.294 e. The number of anilines is 1. The number of aromatic nitrogens is 4. The maximum absolute atomic E-state index is 13.0. The standard InChI is InChI=1S/C31H39N5O3/c1-19-5-6-24(39-10-4-8-30(2,3)38)15-25(19)22-7-9-32-26(14-22)34-29(37)28-33-27(35-36-28)18-31-16-20-11-21(17-31)13-23(31)12-20/h5-7,9,14-15,20-21,23,38H,4,8,10-13,16-18H2,1-3H3,(H,32,34,37)(H,33,35,36). The molecule has 3 N–H and O–H groups in total. The second-order valence-corrected chi connectivity index (χ2v) is 12.8. The number of aromatic amines is 1. The van der Waals surface area contributed by atoms with Crippen molar-refractivity contribution in [3.8, 4) is 16.9 Å². The summed E-state index contributed by atoms with van der Waals surface area (Å²) in [6.45, 7) is 6.19. The molecular weight excluding hydrogens is 490 g/mol. The molecule has 2 aromatic heterocycles. The van der Waals surface area contributed by atoms with Gasteiger partial charge in [-0.2, -0.15) is 0 Å². The molecule has 8 nitrogen and oxygen atoms in total. The normalized spacial score (nSPS) is 25.3. The van der Waals surface area contributed by atoms with Gasteiger partial charge in [0.15, 0.2) is 0 Å². The van der Waals surface area contributed by atoms with E-state index in [1.165, 1.54) is 32.1 Å². The molecule has 2 heterocycles. The Morgan fingerprint density at radius 3 is 2.72 bits per heavy atom. The lowest BCUT2D eigenvalue weighted by molar-refractivity contribution is 0.0641. The van der Waals surface area contributed by atoms with Gasteiger partial charge in [-0.05, 0) is 130 Å². The fraction of sp³-hybridized carbons (Fsp3) is 0.548. The van der Waals surface area contributed by atoms with Gasteiger partial charge < -0.3 is 20.1 Å². The lowest BCUT2D eigenvalue weighted by Crippen LogP contribution is -2.26. The molecule has 3 aromatic rings. The highest BCUT2D eigenvalue weighted by atomic mass is 16.5. The fourth-order valence-electron chi connectivity index (χ4n) is 7.60. The van der Waals surface area contributed by atoms with E-state index >= 15 is 0 Å². The van der Waals surface area contributed by atoms with Gasteiger partial charge in [0.25, 0.3) is 5.91 Å². The van der Waals surface area contributed by atoms with Crippen LogP contribution in [0.1, 0.15) is 80.8 Å². The number of H-pyrrole nitrogens is 1. The van der Waals surface area contributed by atoms with Crippen LogP contribution in [-0.2, 0) is 6.42 Å². The van der Waals surface area contributed by atoms with Crippen molar-refractivity contribution in [1.29, 1.82) is 0 Å². The molecule has 0 spiro atoms. The first-order chi connectivity index (χ1) is 18.7. The van der Waals surface area contributed by atoms with Crippen LogP contribution in [0.5, 0.6) is 5.75 Å². The highest BCUT2D eigenvalue weighted by Crippen LogP contribution is 2.66. The Morgan fingerprint density at radius 2 is 1.95 bits per heavy atom. The van der Waals surface area contributed by atoms with Gasteiger partial charge >= 0.3 is 0 Å². The summed E-state index contributed by atoms with van der Waals surface area (Å²) >= 11 is 0. The van der Waals surface area contributed by atoms with Gasteiger partial charge in [0.1, 0.15) is 17.4 Å². The first kappa shape index (κ1) is 26.0. The van der Waals surface area contributed by atoms with Crippen molar-refractivity contribution in [3.63, 3.8) is 0 Å². The fourth-order valence-corrected chi connectivity index (χ4v) is 7.60. The van der Waals surface area contributed by atoms with Crippen LogP contribution < -0.4 is 10.1 Å². The number of rotatable bonds is 10. The molecule has 2 unspecified atom stereocenters. The minimum Gasteiger partial charge on any atom is -0.494 e. The molecule has 1 amide bonds. The minimum absolute atomic E-state index is 0.226. The molecule has 39 heavy (non-hydrogen) atoms. The van der Waals surface area contributed by atoms with Crippen molar-refractivity contribution in [2.45, 2.75) is 77.7 Å². The highest BCUT2D eigenvalue weighted by Gasteiger charge is 2.57. The van der Waals surface area contributed by atoms with Crippen LogP contribution in [0, 0.1) is 30.1 Å². The average Bonchev–Trinajstić information content (AvgIpc) is 3.51. The number of aryl methyl sites for hydroxylation is 1. The summed E-state index contributed by atoms with van der Waals surface area (Å²) < 4.78 is 5.94. The Morgan fingerprint density at radius 1 is 1.15 bits per heavy atom. The first-order valence-corrected chi connectivity index (χ1v) is 14.3. The number of nitrogens with one attached hydrogen (secondary N) is 2. The molecule has 4 aliphatic carbocycles. The number of amides is 1. The van der Waals surface area contributed by atoms with E-state index < -0.39 is 5.60 Å². The Kier molecular flexibility index (Phi) is 6.69. The maximum Gasteiger partial charge on any atom is 0.294 e. The molecule has 8 heteroatoms. The molecule has 4 aliphatic rings. The number of carbonyl (C=O) groups is 1. The second-order valence-electron chi connectivity index (χ2n) is 12.8. The molecule has 0 aliphatic heterocycles. The molecule has 4 saturated carbocycles. The van der Waals surface area contributed by atoms with E-state index in [1.807, 2.05) is 37.3 Å². The number of hydrogen-bond acceptors (Lipinski definition) is 6. The van der Waals surface area contributed by atoms with E-state index in [9.17, 15) is 9.90 Å². The van der Waals surface area contributed by atoms with Gasteiger partial charge in [0, 0.05) is 12.6 Å². The average molecular weight is 530 g/mol. The summed E-state index contributed by atoms with van der Waals surface area (Å²) in [7, 11) is 0. The number of ether oxygens (including phenoxy) is 1. The minimum atomic E-state index is -0.693. The van der Waals surface area contributed by atoms with Crippen molar-refractivity contribution < 1.29 is 14.6 Å². The van der Waals surface area contributed by atoms with Crippen LogP contribution in [0.3, 0.4) is 0 Å². The number of nitrogens with zero attached hydrogens (tertiary/aromatic N) is 3. The SMILES string of the molecule is Cc1ccc(OCCCC(C)(C)O)cc1-c1ccnc(NC(=O)c2nnc(CC34CC5CC(CC3C5)C4)[nH]2)c1. The predicted octanol–water partition coefficient (Wildman–Crippen LogP) is 5.73. The number of aliphatic hydroxyl groups is 1. The van der Waals surface area contributed by atoms with Gasteiger partial charge in [-0.25, -0.2) is 4.98 Å². The quantitative estimate of drug-likeness (QED) is 0.289. The zero-order valence-corrected chi connectivity index (χ0v) is 23.2. The second kappa shape index (κ2) is 10.0. The molecule has 0 radical (unpaired) electrons. The maximum atomic E-state index is 13.0. The van der Waals surface area contributed by atoms with Crippen molar-refractivity contribution in [2.24, 2.45) is 23.2 Å². The molecular formula is C31H39N5O3. The molecule has 206 valence electrons. The summed E-state index contributed by atoms with van der Waals surface area (Å²) in [5.41, 5.74) is 2.71. The van der Waals surface area contributed by atoms with Gasteiger partial charge in [-0.15, -0.1) is 10.2 Å². The lowest BCUT2D eigenvalue weighted by Gasteiger charge is -2.32. The van der Waals surface area contributed by atoms with Crippen LogP contribution in [-0.4, -0.2) is 43.4 Å². The molecule has 0 saturated heterocycles. The molecule has 4 fully saturated rings. The van der Waals surface area contributed by atoms with Crippen LogP contribution in [0.4, 0.5) is 5.82 Å². The van der Waals surface area contributed by atoms with Crippen LogP contribution in [0.15, 0.2) is 36.5 Å². The molecule has 2 atom stereocenters. The first-order valence-electron chi connectivity index (χ1n) is 14.3. The van der Waals surface area contributed by atoms with E-state index in [0.717, 1.165) is 58.9 Å². The molecule has 7 rings (SSSR count). The third-order valence-electron chi connectivity index (χ3n) is 9.15. The van der Waals surface area contributed by atoms with Gasteiger partial charge in [-0.1, -0.05) is 6.07 Å². The highest BCUT2D eigenvalue weighted by molar-refractivity contribution is 6.01. The molecule has 1 aromatic carbocycles. The Hall–Kier alpha value is -3.26. The summed E-state index contributed by atoms with van der Waals surface area (Å²) in [6, 6.07) is 9.77. The van der Waals surface area contributed by atoms with Crippen molar-refractivity contribution in [1.82, 2.24) is 20.2 Å². The topological polar surface area (TPSA) is 113 Å². The lowest BCUT2D eigenvalue weighted by atomic mass is 9.73.